The van der Waals surface area contributed by atoms with Crippen LogP contribution in [0.1, 0.15) is 70.7 Å². The lowest BCUT2D eigenvalue weighted by Crippen LogP contribution is -2.54. The molecule has 2 saturated carbocycles. The van der Waals surface area contributed by atoms with Crippen LogP contribution in [0.2, 0.25) is 0 Å². The molecule has 0 spiro atoms. The fraction of sp³-hybridized carbons (Fsp3) is 0.750. The Morgan fingerprint density at radius 1 is 1.15 bits per heavy atom. The summed E-state index contributed by atoms with van der Waals surface area (Å²) in [6, 6.07) is 0. The standard InChI is InChI=1S/C24H31F3N4O2S/c1-12-11-13-14-5-6-16(19(33)28-21-30-29-20(34-21)24(25,26)27)22(14,2)9-7-15(13)23(3)10-8-17(32)31(4)18(12)23/h13-16H,5-11H2,1-4H3,(H,28,30,33)/t13-,14-,15+,16?,22-,23+/m0/s1. The third-order valence-electron chi connectivity index (χ3n) is 9.52. The van der Waals surface area contributed by atoms with Crippen molar-refractivity contribution < 1.29 is 22.8 Å². The van der Waals surface area contributed by atoms with Gasteiger partial charge in [-0.15, -0.1) is 10.2 Å². The minimum Gasteiger partial charge on any atom is -0.319 e. The molecule has 1 unspecified atom stereocenters. The summed E-state index contributed by atoms with van der Waals surface area (Å²) >= 11 is 0.369. The maximum atomic E-state index is 13.2. The average molecular weight is 497 g/mol. The summed E-state index contributed by atoms with van der Waals surface area (Å²) in [7, 11) is 1.90. The minimum absolute atomic E-state index is 0.0299. The van der Waals surface area contributed by atoms with Crippen molar-refractivity contribution in [1.82, 2.24) is 15.1 Å². The molecule has 1 saturated heterocycles. The summed E-state index contributed by atoms with van der Waals surface area (Å²) in [6.45, 7) is 6.67. The van der Waals surface area contributed by atoms with E-state index in [2.05, 4.69) is 36.3 Å². The first kappa shape index (κ1) is 23.8. The molecule has 0 bridgehead atoms. The molecule has 10 heteroatoms. The van der Waals surface area contributed by atoms with Crippen molar-refractivity contribution in [2.45, 2.75) is 71.9 Å². The molecule has 4 aliphatic rings. The quantitative estimate of drug-likeness (QED) is 0.588. The third-order valence-corrected chi connectivity index (χ3v) is 10.4. The summed E-state index contributed by atoms with van der Waals surface area (Å²) < 4.78 is 38.6. The molecule has 186 valence electrons. The number of anilines is 1. The summed E-state index contributed by atoms with van der Waals surface area (Å²) in [5.74, 6) is 0.980. The van der Waals surface area contributed by atoms with Crippen LogP contribution in [0.4, 0.5) is 18.3 Å². The van der Waals surface area contributed by atoms with Gasteiger partial charge >= 0.3 is 6.18 Å². The van der Waals surface area contributed by atoms with Crippen molar-refractivity contribution in [1.29, 1.82) is 0 Å². The van der Waals surface area contributed by atoms with Gasteiger partial charge in [0.05, 0.1) is 0 Å². The van der Waals surface area contributed by atoms with E-state index in [1.807, 2.05) is 11.9 Å². The number of likely N-dealkylation sites (tertiary alicyclic amines) is 1. The van der Waals surface area contributed by atoms with Gasteiger partial charge in [-0.1, -0.05) is 30.8 Å². The molecule has 0 radical (unpaired) electrons. The molecular formula is C24H31F3N4O2S. The topological polar surface area (TPSA) is 75.2 Å². The first-order chi connectivity index (χ1) is 15.9. The number of nitrogens with zero attached hydrogens (tertiary/aromatic N) is 3. The highest BCUT2D eigenvalue weighted by molar-refractivity contribution is 7.15. The highest BCUT2D eigenvalue weighted by Gasteiger charge is 2.61. The second-order valence-electron chi connectivity index (χ2n) is 11.2. The van der Waals surface area contributed by atoms with Crippen molar-refractivity contribution in [3.05, 3.63) is 16.3 Å². The van der Waals surface area contributed by atoms with Gasteiger partial charge in [-0.3, -0.25) is 9.59 Å². The van der Waals surface area contributed by atoms with Crippen molar-refractivity contribution in [3.8, 4) is 0 Å². The van der Waals surface area contributed by atoms with Gasteiger partial charge in [-0.25, -0.2) is 0 Å². The van der Waals surface area contributed by atoms with E-state index in [0.717, 1.165) is 38.5 Å². The summed E-state index contributed by atoms with van der Waals surface area (Å²) in [6.07, 6.45) is 1.38. The van der Waals surface area contributed by atoms with Gasteiger partial charge in [-0.2, -0.15) is 13.2 Å². The lowest BCUT2D eigenvalue weighted by molar-refractivity contribution is -0.138. The maximum absolute atomic E-state index is 13.2. The number of aromatic nitrogens is 2. The number of halogens is 3. The van der Waals surface area contributed by atoms with Crippen LogP contribution in [0.15, 0.2) is 11.3 Å². The van der Waals surface area contributed by atoms with Gasteiger partial charge in [0.25, 0.3) is 0 Å². The number of piperidine rings is 1. The number of hydrogen-bond donors (Lipinski definition) is 1. The summed E-state index contributed by atoms with van der Waals surface area (Å²) in [4.78, 5) is 27.5. The van der Waals surface area contributed by atoms with Gasteiger partial charge in [-0.05, 0) is 68.6 Å². The second-order valence-corrected chi connectivity index (χ2v) is 12.1. The van der Waals surface area contributed by atoms with E-state index in [1.165, 1.54) is 11.3 Å². The van der Waals surface area contributed by atoms with Crippen LogP contribution in [0, 0.1) is 34.5 Å². The molecule has 3 fully saturated rings. The van der Waals surface area contributed by atoms with E-state index < -0.39 is 11.2 Å². The van der Waals surface area contributed by atoms with Gasteiger partial charge < -0.3 is 10.2 Å². The zero-order valence-electron chi connectivity index (χ0n) is 20.0. The van der Waals surface area contributed by atoms with Gasteiger partial charge in [0.1, 0.15) is 0 Å². The zero-order valence-corrected chi connectivity index (χ0v) is 20.8. The number of fused-ring (bicyclic) bond motifs is 5. The van der Waals surface area contributed by atoms with Gasteiger partial charge in [0.2, 0.25) is 22.0 Å². The molecule has 1 N–H and O–H groups in total. The lowest BCUT2D eigenvalue weighted by atomic mass is 9.48. The molecule has 1 aromatic rings. The molecule has 1 aliphatic heterocycles. The Bertz CT molecular complexity index is 1070. The van der Waals surface area contributed by atoms with Crippen LogP contribution in [0.5, 0.6) is 0 Å². The number of carbonyl (C=O) groups is 2. The van der Waals surface area contributed by atoms with Crippen molar-refractivity contribution in [3.63, 3.8) is 0 Å². The van der Waals surface area contributed by atoms with Crippen LogP contribution in [0.25, 0.3) is 0 Å². The first-order valence-electron chi connectivity index (χ1n) is 12.0. The number of allylic oxidation sites excluding steroid dienone is 2. The van der Waals surface area contributed by atoms with Crippen molar-refractivity contribution in [2.24, 2.45) is 34.5 Å². The van der Waals surface area contributed by atoms with Crippen LogP contribution in [0.3, 0.4) is 0 Å². The Labute approximate surface area is 201 Å². The van der Waals surface area contributed by atoms with Crippen molar-refractivity contribution >= 4 is 28.3 Å². The number of amides is 2. The molecule has 6 nitrogen and oxygen atoms in total. The maximum Gasteiger partial charge on any atom is 0.445 e. The van der Waals surface area contributed by atoms with E-state index in [1.54, 1.807) is 0 Å². The first-order valence-corrected chi connectivity index (χ1v) is 12.9. The Balaban J connectivity index is 1.38. The van der Waals surface area contributed by atoms with Crippen LogP contribution >= 0.6 is 11.3 Å². The zero-order chi connectivity index (χ0) is 24.6. The third kappa shape index (κ3) is 3.42. The van der Waals surface area contributed by atoms with E-state index in [-0.39, 0.29) is 33.7 Å². The molecule has 5 rings (SSSR count). The highest BCUT2D eigenvalue weighted by Crippen LogP contribution is 2.67. The molecule has 34 heavy (non-hydrogen) atoms. The minimum atomic E-state index is -4.57. The second kappa shape index (κ2) is 7.77. The number of rotatable bonds is 2. The molecule has 3 aliphatic carbocycles. The highest BCUT2D eigenvalue weighted by atomic mass is 32.1. The average Bonchev–Trinajstić information content (AvgIpc) is 3.35. The Morgan fingerprint density at radius 3 is 2.56 bits per heavy atom. The number of carbonyl (C=O) groups excluding carboxylic acids is 2. The van der Waals surface area contributed by atoms with E-state index in [9.17, 15) is 22.8 Å². The smallest absolute Gasteiger partial charge is 0.319 e. The predicted octanol–water partition coefficient (Wildman–Crippen LogP) is 5.49. The van der Waals surface area contributed by atoms with Gasteiger partial charge in [0, 0.05) is 30.5 Å². The molecular weight excluding hydrogens is 465 g/mol. The normalized spacial score (nSPS) is 37.9. The Morgan fingerprint density at radius 2 is 1.88 bits per heavy atom. The Hall–Kier alpha value is -1.97. The van der Waals surface area contributed by atoms with Gasteiger partial charge in [0.15, 0.2) is 0 Å². The largest absolute Gasteiger partial charge is 0.445 e. The molecule has 0 aromatic carbocycles. The SMILES string of the molecule is CC1=C2N(C)C(=O)CC[C@]2(C)[C@@H]2CC[C@]3(C)C(C(=O)Nc4nnc(C(F)(F)F)s4)CC[C@H]3[C@@H]2C1. The molecule has 6 atom stereocenters. The predicted molar refractivity (Wildman–Crippen MR) is 122 cm³/mol. The number of alkyl halides is 3. The number of hydrogen-bond acceptors (Lipinski definition) is 5. The molecule has 1 aromatic heterocycles. The lowest BCUT2D eigenvalue weighted by Gasteiger charge is -2.59. The van der Waals surface area contributed by atoms with E-state index in [4.69, 9.17) is 0 Å². The Kier molecular flexibility index (Phi) is 5.43. The van der Waals surface area contributed by atoms with Crippen molar-refractivity contribution in [2.75, 3.05) is 12.4 Å². The van der Waals surface area contributed by atoms with Crippen LogP contribution < -0.4 is 5.32 Å². The fourth-order valence-electron chi connectivity index (χ4n) is 8.12. The van der Waals surface area contributed by atoms with E-state index in [0.29, 0.717) is 35.5 Å². The van der Waals surface area contributed by atoms with Crippen LogP contribution in [-0.2, 0) is 15.8 Å². The fourth-order valence-corrected chi connectivity index (χ4v) is 8.73. The molecule has 2 amide bonds. The molecule has 2 heterocycles. The van der Waals surface area contributed by atoms with E-state index >= 15 is 0 Å². The van der Waals surface area contributed by atoms with Crippen LogP contribution in [-0.4, -0.2) is 34.0 Å². The summed E-state index contributed by atoms with van der Waals surface area (Å²) in [5, 5.41) is 8.21. The number of nitrogens with one attached hydrogen (secondary N) is 1. The summed E-state index contributed by atoms with van der Waals surface area (Å²) in [5.41, 5.74) is 2.26. The monoisotopic (exact) mass is 496 g/mol.